The van der Waals surface area contributed by atoms with Gasteiger partial charge >= 0.3 is 0 Å². The number of carbonyl (C=O) groups excluding carboxylic acids is 2. The molecule has 7 heteroatoms. The van der Waals surface area contributed by atoms with Gasteiger partial charge in [-0.15, -0.1) is 11.8 Å². The van der Waals surface area contributed by atoms with Gasteiger partial charge in [0.15, 0.2) is 0 Å². The third-order valence-corrected chi connectivity index (χ3v) is 7.26. The zero-order chi connectivity index (χ0) is 27.0. The summed E-state index contributed by atoms with van der Waals surface area (Å²) >= 11 is 13.8. The summed E-state index contributed by atoms with van der Waals surface area (Å²) in [7, 11) is 0. The summed E-state index contributed by atoms with van der Waals surface area (Å²) in [6.07, 6.45) is 0.425. The van der Waals surface area contributed by atoms with E-state index in [9.17, 15) is 9.59 Å². The van der Waals surface area contributed by atoms with Gasteiger partial charge in [0, 0.05) is 34.3 Å². The Morgan fingerprint density at radius 3 is 2.30 bits per heavy atom. The second kappa shape index (κ2) is 13.4. The number of rotatable bonds is 10. The normalized spacial score (nSPS) is 12.2. The average molecular weight is 558 g/mol. The Kier molecular flexibility index (Phi) is 10.5. The highest BCUT2D eigenvalue weighted by Gasteiger charge is 2.32. The third kappa shape index (κ3) is 9.41. The number of carbonyl (C=O) groups is 2. The second-order valence-corrected chi connectivity index (χ2v) is 12.0. The lowest BCUT2D eigenvalue weighted by molar-refractivity contribution is -0.140. The fourth-order valence-corrected chi connectivity index (χ4v) is 5.45. The number of hydrogen-bond acceptors (Lipinski definition) is 3. The first-order chi connectivity index (χ1) is 17.5. The van der Waals surface area contributed by atoms with Crippen molar-refractivity contribution in [3.05, 3.63) is 105 Å². The number of aryl methyl sites for hydroxylation is 1. The van der Waals surface area contributed by atoms with Crippen molar-refractivity contribution in [3.8, 4) is 0 Å². The van der Waals surface area contributed by atoms with E-state index >= 15 is 0 Å². The first kappa shape index (κ1) is 29.1. The van der Waals surface area contributed by atoms with Crippen molar-refractivity contribution < 1.29 is 9.59 Å². The molecule has 0 fully saturated rings. The SMILES string of the molecule is Cc1cccc(CN(C(=O)CSCc2ccc(Cl)cc2Cl)C(Cc2ccccc2)C(=O)NC(C)(C)C)c1. The van der Waals surface area contributed by atoms with Gasteiger partial charge in [0.1, 0.15) is 6.04 Å². The first-order valence-corrected chi connectivity index (χ1v) is 14.2. The van der Waals surface area contributed by atoms with Crippen molar-refractivity contribution in [2.24, 2.45) is 0 Å². The summed E-state index contributed by atoms with van der Waals surface area (Å²) in [6, 6.07) is 22.6. The van der Waals surface area contributed by atoms with Crippen LogP contribution in [0.25, 0.3) is 0 Å². The van der Waals surface area contributed by atoms with E-state index < -0.39 is 11.6 Å². The Morgan fingerprint density at radius 2 is 1.65 bits per heavy atom. The van der Waals surface area contributed by atoms with Crippen LogP contribution in [0.15, 0.2) is 72.8 Å². The minimum absolute atomic E-state index is 0.0958. The van der Waals surface area contributed by atoms with Gasteiger partial charge in [-0.25, -0.2) is 0 Å². The van der Waals surface area contributed by atoms with Gasteiger partial charge in [0.2, 0.25) is 11.8 Å². The topological polar surface area (TPSA) is 49.4 Å². The van der Waals surface area contributed by atoms with E-state index in [1.807, 2.05) is 82.3 Å². The van der Waals surface area contributed by atoms with E-state index in [0.29, 0.717) is 28.8 Å². The quantitative estimate of drug-likeness (QED) is 0.290. The third-order valence-electron chi connectivity index (χ3n) is 5.70. The number of nitrogens with zero attached hydrogens (tertiary/aromatic N) is 1. The Balaban J connectivity index is 1.87. The molecule has 3 aromatic carbocycles. The number of nitrogens with one attached hydrogen (secondary N) is 1. The van der Waals surface area contributed by atoms with E-state index in [4.69, 9.17) is 23.2 Å². The van der Waals surface area contributed by atoms with Crippen LogP contribution in [0.2, 0.25) is 10.0 Å². The molecule has 3 rings (SSSR count). The van der Waals surface area contributed by atoms with Crippen LogP contribution in [0.5, 0.6) is 0 Å². The van der Waals surface area contributed by atoms with Crippen LogP contribution in [0.4, 0.5) is 0 Å². The number of benzene rings is 3. The highest BCUT2D eigenvalue weighted by Crippen LogP contribution is 2.25. The summed E-state index contributed by atoms with van der Waals surface area (Å²) in [5.41, 5.74) is 3.58. The maximum atomic E-state index is 13.7. The first-order valence-electron chi connectivity index (χ1n) is 12.2. The summed E-state index contributed by atoms with van der Waals surface area (Å²) in [5.74, 6) is 0.529. The molecule has 0 aliphatic rings. The van der Waals surface area contributed by atoms with Crippen LogP contribution in [0.1, 0.15) is 43.0 Å². The fraction of sp³-hybridized carbons (Fsp3) is 0.333. The van der Waals surface area contributed by atoms with E-state index in [2.05, 4.69) is 11.4 Å². The maximum Gasteiger partial charge on any atom is 0.243 e. The maximum absolute atomic E-state index is 13.7. The summed E-state index contributed by atoms with van der Waals surface area (Å²) < 4.78 is 0. The molecule has 196 valence electrons. The molecule has 1 atom stereocenters. The Hall–Kier alpha value is -2.47. The summed E-state index contributed by atoms with van der Waals surface area (Å²) in [4.78, 5) is 29.1. The molecule has 0 aliphatic carbocycles. The predicted octanol–water partition coefficient (Wildman–Crippen LogP) is 7.09. The zero-order valence-electron chi connectivity index (χ0n) is 21.8. The zero-order valence-corrected chi connectivity index (χ0v) is 24.1. The molecule has 0 heterocycles. The molecule has 4 nitrogen and oxygen atoms in total. The molecule has 0 aliphatic heterocycles. The van der Waals surface area contributed by atoms with E-state index in [-0.39, 0.29) is 17.6 Å². The molecule has 0 saturated carbocycles. The highest BCUT2D eigenvalue weighted by molar-refractivity contribution is 7.99. The van der Waals surface area contributed by atoms with Crippen LogP contribution in [0, 0.1) is 6.92 Å². The van der Waals surface area contributed by atoms with Gasteiger partial charge in [-0.3, -0.25) is 9.59 Å². The van der Waals surface area contributed by atoms with Crippen molar-refractivity contribution in [1.82, 2.24) is 10.2 Å². The smallest absolute Gasteiger partial charge is 0.243 e. The summed E-state index contributed by atoms with van der Waals surface area (Å²) in [6.45, 7) is 8.21. The van der Waals surface area contributed by atoms with Gasteiger partial charge in [-0.05, 0) is 56.5 Å². The fourth-order valence-electron chi connectivity index (χ4n) is 3.98. The average Bonchev–Trinajstić information content (AvgIpc) is 2.82. The minimum Gasteiger partial charge on any atom is -0.350 e. The van der Waals surface area contributed by atoms with Crippen LogP contribution in [-0.4, -0.2) is 34.0 Å². The molecule has 0 aromatic heterocycles. The monoisotopic (exact) mass is 556 g/mol. The molecule has 1 N–H and O–H groups in total. The number of thioether (sulfide) groups is 1. The van der Waals surface area contributed by atoms with Gasteiger partial charge in [-0.1, -0.05) is 89.4 Å². The molecule has 2 amide bonds. The van der Waals surface area contributed by atoms with Crippen molar-refractivity contribution in [2.45, 2.75) is 58.0 Å². The highest BCUT2D eigenvalue weighted by atomic mass is 35.5. The Labute approximate surface area is 234 Å². The van der Waals surface area contributed by atoms with E-state index in [1.165, 1.54) is 11.8 Å². The number of amides is 2. The van der Waals surface area contributed by atoms with Crippen molar-refractivity contribution in [1.29, 1.82) is 0 Å². The number of halogens is 2. The molecular formula is C30H34Cl2N2O2S. The van der Waals surface area contributed by atoms with Crippen LogP contribution in [-0.2, 0) is 28.3 Å². The molecule has 3 aromatic rings. The second-order valence-electron chi connectivity index (χ2n) is 10.2. The minimum atomic E-state index is -0.658. The molecular weight excluding hydrogens is 523 g/mol. The lowest BCUT2D eigenvalue weighted by atomic mass is 10.0. The number of hydrogen-bond donors (Lipinski definition) is 1. The standard InChI is InChI=1S/C30H34Cl2N2O2S/c1-21-9-8-12-23(15-21)18-34(28(35)20-37-19-24-13-14-25(31)17-26(24)32)27(29(36)33-30(2,3)4)16-22-10-6-5-7-11-22/h5-15,17,27H,16,18-20H2,1-4H3,(H,33,36). The summed E-state index contributed by atoms with van der Waals surface area (Å²) in [5, 5.41) is 4.25. The Bertz CT molecular complexity index is 1210. The molecule has 1 unspecified atom stereocenters. The Morgan fingerprint density at radius 1 is 0.946 bits per heavy atom. The van der Waals surface area contributed by atoms with Crippen LogP contribution >= 0.6 is 35.0 Å². The lowest BCUT2D eigenvalue weighted by Crippen LogP contribution is -2.54. The van der Waals surface area contributed by atoms with Crippen molar-refractivity contribution in [3.63, 3.8) is 0 Å². The van der Waals surface area contributed by atoms with Gasteiger partial charge in [0.25, 0.3) is 0 Å². The van der Waals surface area contributed by atoms with Crippen molar-refractivity contribution >= 4 is 46.8 Å². The van der Waals surface area contributed by atoms with E-state index in [0.717, 1.165) is 22.3 Å². The molecule has 0 saturated heterocycles. The van der Waals surface area contributed by atoms with Gasteiger partial charge in [-0.2, -0.15) is 0 Å². The predicted molar refractivity (Wildman–Crippen MR) is 156 cm³/mol. The molecule has 0 radical (unpaired) electrons. The molecule has 0 spiro atoms. The molecule has 37 heavy (non-hydrogen) atoms. The van der Waals surface area contributed by atoms with Crippen LogP contribution in [0.3, 0.4) is 0 Å². The van der Waals surface area contributed by atoms with Crippen LogP contribution < -0.4 is 5.32 Å². The van der Waals surface area contributed by atoms with Crippen molar-refractivity contribution in [2.75, 3.05) is 5.75 Å². The van der Waals surface area contributed by atoms with E-state index in [1.54, 1.807) is 17.0 Å². The molecule has 0 bridgehead atoms. The van der Waals surface area contributed by atoms with Gasteiger partial charge in [0.05, 0.1) is 5.75 Å². The largest absolute Gasteiger partial charge is 0.350 e. The lowest BCUT2D eigenvalue weighted by Gasteiger charge is -2.34. The van der Waals surface area contributed by atoms with Gasteiger partial charge < -0.3 is 10.2 Å².